The Balaban J connectivity index is 1.36. The molecule has 1 aliphatic heterocycles. The maximum Gasteiger partial charge on any atom is 0.416 e. The van der Waals surface area contributed by atoms with Gasteiger partial charge in [-0.1, -0.05) is 30.3 Å². The molecule has 4 rings (SSSR count). The highest BCUT2D eigenvalue weighted by Crippen LogP contribution is 2.29. The van der Waals surface area contributed by atoms with Crippen molar-refractivity contribution in [3.05, 3.63) is 95.1 Å². The van der Waals surface area contributed by atoms with E-state index in [1.54, 1.807) is 24.3 Å². The summed E-state index contributed by atoms with van der Waals surface area (Å²) in [6.07, 6.45) is -3.50. The third-order valence-electron chi connectivity index (χ3n) is 6.13. The van der Waals surface area contributed by atoms with Gasteiger partial charge in [0, 0.05) is 13.1 Å². The first kappa shape index (κ1) is 27.2. The molecule has 11 heteroatoms. The molecule has 0 radical (unpaired) electrons. The van der Waals surface area contributed by atoms with Crippen molar-refractivity contribution in [1.82, 2.24) is 9.62 Å². The van der Waals surface area contributed by atoms with Crippen LogP contribution in [0.25, 0.3) is 0 Å². The molecule has 0 spiro atoms. The van der Waals surface area contributed by atoms with Crippen molar-refractivity contribution in [1.29, 1.82) is 5.26 Å². The predicted octanol–water partition coefficient (Wildman–Crippen LogP) is 4.63. The molecule has 1 amide bonds. The Morgan fingerprint density at radius 1 is 1.05 bits per heavy atom. The summed E-state index contributed by atoms with van der Waals surface area (Å²) < 4.78 is 71.3. The maximum atomic E-state index is 13.2. The van der Waals surface area contributed by atoms with E-state index in [-0.39, 0.29) is 30.2 Å². The van der Waals surface area contributed by atoms with Crippen LogP contribution in [0.15, 0.2) is 77.7 Å². The first-order valence-corrected chi connectivity index (χ1v) is 13.2. The van der Waals surface area contributed by atoms with E-state index in [1.165, 1.54) is 40.7 Å². The second-order valence-corrected chi connectivity index (χ2v) is 10.7. The van der Waals surface area contributed by atoms with E-state index >= 15 is 0 Å². The summed E-state index contributed by atoms with van der Waals surface area (Å²) in [4.78, 5) is 12.9. The van der Waals surface area contributed by atoms with Gasteiger partial charge in [-0.25, -0.2) is 8.42 Å². The molecule has 0 saturated carbocycles. The third kappa shape index (κ3) is 6.33. The molecule has 1 saturated heterocycles. The topological polar surface area (TPSA) is 99.5 Å². The fourth-order valence-corrected chi connectivity index (χ4v) is 5.86. The molecule has 0 aromatic heterocycles. The molecular weight excluding hydrogens is 519 g/mol. The molecule has 3 aromatic rings. The number of halogens is 3. The number of nitrogens with zero attached hydrogens (tertiary/aromatic N) is 2. The van der Waals surface area contributed by atoms with Crippen molar-refractivity contribution in [3.8, 4) is 11.8 Å². The van der Waals surface area contributed by atoms with Gasteiger partial charge in [0.15, 0.2) is 0 Å². The molecule has 1 fully saturated rings. The molecule has 0 unspecified atom stereocenters. The average Bonchev–Trinajstić information content (AvgIpc) is 3.42. The minimum absolute atomic E-state index is 0.0332. The summed E-state index contributed by atoms with van der Waals surface area (Å²) in [7, 11) is -3.96. The van der Waals surface area contributed by atoms with Gasteiger partial charge in [-0.2, -0.15) is 22.7 Å². The highest BCUT2D eigenvalue weighted by molar-refractivity contribution is 7.89. The summed E-state index contributed by atoms with van der Waals surface area (Å²) in [6.45, 7) is 0.394. The first-order chi connectivity index (χ1) is 18.1. The van der Waals surface area contributed by atoms with E-state index in [2.05, 4.69) is 5.32 Å². The summed E-state index contributed by atoms with van der Waals surface area (Å²) in [5.74, 6) is 0.0395. The molecule has 0 aliphatic carbocycles. The van der Waals surface area contributed by atoms with Crippen molar-refractivity contribution in [2.24, 2.45) is 0 Å². The lowest BCUT2D eigenvalue weighted by Crippen LogP contribution is -2.45. The Bertz CT molecular complexity index is 1450. The number of nitrogens with one attached hydrogen (secondary N) is 1. The van der Waals surface area contributed by atoms with Crippen molar-refractivity contribution >= 4 is 15.9 Å². The number of carbonyl (C=O) groups is 1. The fourth-order valence-electron chi connectivity index (χ4n) is 4.16. The highest BCUT2D eigenvalue weighted by Gasteiger charge is 2.39. The summed E-state index contributed by atoms with van der Waals surface area (Å²) in [6, 6.07) is 18.3. The largest absolute Gasteiger partial charge is 0.489 e. The van der Waals surface area contributed by atoms with Gasteiger partial charge in [-0.15, -0.1) is 0 Å². The van der Waals surface area contributed by atoms with Crippen LogP contribution in [0.2, 0.25) is 0 Å². The number of alkyl halides is 3. The molecule has 1 atom stereocenters. The first-order valence-electron chi connectivity index (χ1n) is 11.8. The van der Waals surface area contributed by atoms with Crippen molar-refractivity contribution in [2.45, 2.75) is 43.1 Å². The lowest BCUT2D eigenvalue weighted by Gasteiger charge is -2.23. The minimum atomic E-state index is -4.40. The van der Waals surface area contributed by atoms with E-state index < -0.39 is 33.7 Å². The lowest BCUT2D eigenvalue weighted by atomic mass is 10.1. The predicted molar refractivity (Wildman–Crippen MR) is 132 cm³/mol. The van der Waals surface area contributed by atoms with Gasteiger partial charge in [0.25, 0.3) is 0 Å². The van der Waals surface area contributed by atoms with Gasteiger partial charge in [0.1, 0.15) is 18.4 Å². The van der Waals surface area contributed by atoms with E-state index in [9.17, 15) is 26.4 Å². The van der Waals surface area contributed by atoms with Crippen molar-refractivity contribution < 1.29 is 31.1 Å². The third-order valence-corrected chi connectivity index (χ3v) is 8.03. The van der Waals surface area contributed by atoms with Crippen LogP contribution in [0.1, 0.15) is 35.1 Å². The van der Waals surface area contributed by atoms with Crippen LogP contribution in [-0.4, -0.2) is 31.2 Å². The Hall–Kier alpha value is -3.88. The molecule has 3 aromatic carbocycles. The van der Waals surface area contributed by atoms with Crippen LogP contribution in [0.3, 0.4) is 0 Å². The number of amides is 1. The van der Waals surface area contributed by atoms with Gasteiger partial charge >= 0.3 is 6.18 Å². The van der Waals surface area contributed by atoms with Gasteiger partial charge < -0.3 is 10.1 Å². The Labute approximate surface area is 218 Å². The molecule has 1 N–H and O–H groups in total. The number of nitriles is 1. The summed E-state index contributed by atoms with van der Waals surface area (Å²) in [5, 5.41) is 11.9. The zero-order chi connectivity index (χ0) is 27.3. The smallest absolute Gasteiger partial charge is 0.416 e. The molecular formula is C27H24F3N3O4S. The molecule has 1 aliphatic rings. The summed E-state index contributed by atoms with van der Waals surface area (Å²) in [5.41, 5.74) is 0.756. The SMILES string of the molecule is N#Cc1cccc(S(=O)(=O)N2CCC[C@H]2C(=O)NCc2cccc(OCc3ccc(C(F)(F)F)cc3)c2)c1. The van der Waals surface area contributed by atoms with E-state index in [1.807, 2.05) is 6.07 Å². The number of rotatable bonds is 8. The number of hydrogen-bond donors (Lipinski definition) is 1. The fraction of sp³-hybridized carbons (Fsp3) is 0.259. The van der Waals surface area contributed by atoms with E-state index in [0.717, 1.165) is 12.1 Å². The highest BCUT2D eigenvalue weighted by atomic mass is 32.2. The average molecular weight is 544 g/mol. The van der Waals surface area contributed by atoms with E-state index in [0.29, 0.717) is 29.7 Å². The van der Waals surface area contributed by atoms with Crippen LogP contribution in [0, 0.1) is 11.3 Å². The zero-order valence-electron chi connectivity index (χ0n) is 20.1. The molecule has 7 nitrogen and oxygen atoms in total. The monoisotopic (exact) mass is 543 g/mol. The Kier molecular flexibility index (Phi) is 8.04. The van der Waals surface area contributed by atoms with Crippen LogP contribution >= 0.6 is 0 Å². The van der Waals surface area contributed by atoms with Crippen LogP contribution in [0.4, 0.5) is 13.2 Å². The van der Waals surface area contributed by atoms with Gasteiger partial charge in [0.05, 0.1) is 22.1 Å². The number of hydrogen-bond acceptors (Lipinski definition) is 5. The minimum Gasteiger partial charge on any atom is -0.489 e. The van der Waals surface area contributed by atoms with E-state index in [4.69, 9.17) is 10.00 Å². The second-order valence-electron chi connectivity index (χ2n) is 8.76. The van der Waals surface area contributed by atoms with Gasteiger partial charge in [-0.05, 0) is 66.4 Å². The molecule has 38 heavy (non-hydrogen) atoms. The standard InChI is InChI=1S/C27H24F3N3O4S/c28-27(29,30)22-11-9-19(10-12-22)18-37-23-6-1-5-21(14-23)17-32-26(34)25-8-3-13-33(25)38(35,36)24-7-2-4-20(15-24)16-31/h1-2,4-7,9-12,14-15,25H,3,8,13,17-18H2,(H,32,34)/t25-/m0/s1. The van der Waals surface area contributed by atoms with Gasteiger partial charge in [0.2, 0.25) is 15.9 Å². The normalized spacial score (nSPS) is 16.1. The molecule has 198 valence electrons. The van der Waals surface area contributed by atoms with Crippen LogP contribution in [-0.2, 0) is 34.1 Å². The second kappa shape index (κ2) is 11.2. The number of carbonyl (C=O) groups excluding carboxylic acids is 1. The van der Waals surface area contributed by atoms with Crippen LogP contribution in [0.5, 0.6) is 5.75 Å². The Morgan fingerprint density at radius 3 is 2.50 bits per heavy atom. The quantitative estimate of drug-likeness (QED) is 0.447. The van der Waals surface area contributed by atoms with Crippen LogP contribution < -0.4 is 10.1 Å². The summed E-state index contributed by atoms with van der Waals surface area (Å²) >= 11 is 0. The Morgan fingerprint density at radius 2 is 1.79 bits per heavy atom. The van der Waals surface area contributed by atoms with Crippen molar-refractivity contribution in [2.75, 3.05) is 6.54 Å². The van der Waals surface area contributed by atoms with Crippen molar-refractivity contribution in [3.63, 3.8) is 0 Å². The zero-order valence-corrected chi connectivity index (χ0v) is 20.9. The number of benzene rings is 3. The maximum absolute atomic E-state index is 13.2. The number of sulfonamides is 1. The molecule has 0 bridgehead atoms. The van der Waals surface area contributed by atoms with Gasteiger partial charge in [-0.3, -0.25) is 4.79 Å². The number of ether oxygens (including phenoxy) is 1. The lowest BCUT2D eigenvalue weighted by molar-refractivity contribution is -0.137. The molecule has 1 heterocycles.